The number of nitrogens with zero attached hydrogens (tertiary/aromatic N) is 2. The predicted molar refractivity (Wildman–Crippen MR) is 75.6 cm³/mol. The van der Waals surface area contributed by atoms with E-state index in [-0.39, 0.29) is 0 Å². The van der Waals surface area contributed by atoms with Gasteiger partial charge in [-0.25, -0.2) is 4.68 Å². The molecule has 0 saturated carbocycles. The second kappa shape index (κ2) is 5.45. The van der Waals surface area contributed by atoms with E-state index in [2.05, 4.69) is 41.6 Å². The third kappa shape index (κ3) is 2.96. The lowest BCUT2D eigenvalue weighted by Crippen LogP contribution is -2.32. The van der Waals surface area contributed by atoms with E-state index in [1.54, 1.807) is 6.20 Å². The molecule has 1 fully saturated rings. The van der Waals surface area contributed by atoms with Gasteiger partial charge < -0.3 is 10.1 Å². The van der Waals surface area contributed by atoms with Crippen molar-refractivity contribution in [3.8, 4) is 5.69 Å². The maximum Gasteiger partial charge on any atom is 0.0647 e. The van der Waals surface area contributed by atoms with Crippen molar-refractivity contribution < 1.29 is 4.74 Å². The normalized spacial score (nSPS) is 23.2. The summed E-state index contributed by atoms with van der Waals surface area (Å²) in [6, 6.07) is 10.8. The van der Waals surface area contributed by atoms with Crippen LogP contribution in [0.2, 0.25) is 0 Å². The predicted octanol–water partition coefficient (Wildman–Crippen LogP) is 2.85. The Balaban J connectivity index is 1.66. The molecule has 0 aliphatic carbocycles. The SMILES string of the molecule is CC1CC(Nc2ccc(-n3cccn3)cc2)CCO1. The van der Waals surface area contributed by atoms with E-state index in [0.29, 0.717) is 12.1 Å². The van der Waals surface area contributed by atoms with E-state index in [9.17, 15) is 0 Å². The fourth-order valence-electron chi connectivity index (χ4n) is 2.50. The van der Waals surface area contributed by atoms with E-state index < -0.39 is 0 Å². The minimum Gasteiger partial charge on any atom is -0.382 e. The zero-order valence-corrected chi connectivity index (χ0v) is 11.1. The highest BCUT2D eigenvalue weighted by atomic mass is 16.5. The molecule has 0 bridgehead atoms. The highest BCUT2D eigenvalue weighted by molar-refractivity contribution is 5.49. The zero-order chi connectivity index (χ0) is 13.1. The van der Waals surface area contributed by atoms with Crippen LogP contribution in [0.3, 0.4) is 0 Å². The fourth-order valence-corrected chi connectivity index (χ4v) is 2.50. The van der Waals surface area contributed by atoms with Crippen molar-refractivity contribution >= 4 is 5.69 Å². The monoisotopic (exact) mass is 257 g/mol. The van der Waals surface area contributed by atoms with Gasteiger partial charge >= 0.3 is 0 Å². The lowest BCUT2D eigenvalue weighted by molar-refractivity contribution is 0.0232. The molecule has 3 rings (SSSR count). The van der Waals surface area contributed by atoms with Gasteiger partial charge in [0.25, 0.3) is 0 Å². The van der Waals surface area contributed by atoms with Crippen LogP contribution < -0.4 is 5.32 Å². The summed E-state index contributed by atoms with van der Waals surface area (Å²) in [5.74, 6) is 0. The first-order chi connectivity index (χ1) is 9.31. The van der Waals surface area contributed by atoms with E-state index in [1.807, 2.05) is 16.9 Å². The second-order valence-electron chi connectivity index (χ2n) is 5.04. The van der Waals surface area contributed by atoms with Crippen LogP contribution >= 0.6 is 0 Å². The van der Waals surface area contributed by atoms with Gasteiger partial charge in [0.15, 0.2) is 0 Å². The van der Waals surface area contributed by atoms with Crippen LogP contribution in [0.1, 0.15) is 19.8 Å². The van der Waals surface area contributed by atoms with Crippen LogP contribution in [0.4, 0.5) is 5.69 Å². The van der Waals surface area contributed by atoms with Gasteiger partial charge in [0.1, 0.15) is 0 Å². The molecule has 1 aromatic carbocycles. The maximum absolute atomic E-state index is 5.56. The standard InChI is InChI=1S/C15H19N3O/c1-12-11-14(7-10-19-12)17-13-3-5-15(6-4-13)18-9-2-8-16-18/h2-6,8-9,12,14,17H,7,10-11H2,1H3. The second-order valence-corrected chi connectivity index (χ2v) is 5.04. The molecule has 19 heavy (non-hydrogen) atoms. The molecule has 0 radical (unpaired) electrons. The molecule has 2 heterocycles. The fraction of sp³-hybridized carbons (Fsp3) is 0.400. The van der Waals surface area contributed by atoms with Crippen molar-refractivity contribution in [2.45, 2.75) is 31.9 Å². The summed E-state index contributed by atoms with van der Waals surface area (Å²) in [7, 11) is 0. The van der Waals surface area contributed by atoms with Gasteiger partial charge in [-0.3, -0.25) is 0 Å². The molecule has 1 aromatic heterocycles. The summed E-state index contributed by atoms with van der Waals surface area (Å²) in [6.07, 6.45) is 6.24. The molecule has 2 unspecified atom stereocenters. The largest absolute Gasteiger partial charge is 0.382 e. The van der Waals surface area contributed by atoms with E-state index in [0.717, 1.165) is 30.8 Å². The molecule has 0 amide bonds. The molecule has 4 nitrogen and oxygen atoms in total. The van der Waals surface area contributed by atoms with Gasteiger partial charge in [-0.05, 0) is 50.1 Å². The lowest BCUT2D eigenvalue weighted by Gasteiger charge is -2.28. The number of aromatic nitrogens is 2. The Bertz CT molecular complexity index is 507. The summed E-state index contributed by atoms with van der Waals surface area (Å²) in [6.45, 7) is 2.98. The first kappa shape index (κ1) is 12.2. The smallest absolute Gasteiger partial charge is 0.0647 e. The molecule has 4 heteroatoms. The van der Waals surface area contributed by atoms with Crippen molar-refractivity contribution in [1.29, 1.82) is 0 Å². The Labute approximate surface area is 113 Å². The van der Waals surface area contributed by atoms with E-state index in [4.69, 9.17) is 4.74 Å². The number of anilines is 1. The first-order valence-corrected chi connectivity index (χ1v) is 6.79. The highest BCUT2D eigenvalue weighted by Crippen LogP contribution is 2.19. The molecule has 2 aromatic rings. The number of rotatable bonds is 3. The molecule has 1 aliphatic heterocycles. The third-order valence-electron chi connectivity index (χ3n) is 3.49. The van der Waals surface area contributed by atoms with E-state index in [1.165, 1.54) is 0 Å². The van der Waals surface area contributed by atoms with Gasteiger partial charge in [-0.2, -0.15) is 5.10 Å². The van der Waals surface area contributed by atoms with Gasteiger partial charge in [-0.15, -0.1) is 0 Å². The molecule has 1 aliphatic rings. The quantitative estimate of drug-likeness (QED) is 0.919. The summed E-state index contributed by atoms with van der Waals surface area (Å²) in [5.41, 5.74) is 2.24. The Kier molecular flexibility index (Phi) is 3.51. The lowest BCUT2D eigenvalue weighted by atomic mass is 10.0. The number of hydrogen-bond donors (Lipinski definition) is 1. The average Bonchev–Trinajstić information content (AvgIpc) is 2.94. The number of hydrogen-bond acceptors (Lipinski definition) is 3. The van der Waals surface area contributed by atoms with Crippen molar-refractivity contribution in [2.24, 2.45) is 0 Å². The molecule has 2 atom stereocenters. The Morgan fingerprint density at radius 1 is 1.32 bits per heavy atom. The molecule has 1 N–H and O–H groups in total. The maximum atomic E-state index is 5.56. The van der Waals surface area contributed by atoms with Crippen molar-refractivity contribution in [2.75, 3.05) is 11.9 Å². The topological polar surface area (TPSA) is 39.1 Å². The third-order valence-corrected chi connectivity index (χ3v) is 3.49. The number of benzene rings is 1. The summed E-state index contributed by atoms with van der Waals surface area (Å²) in [4.78, 5) is 0. The molecular formula is C15H19N3O. The Morgan fingerprint density at radius 3 is 2.84 bits per heavy atom. The van der Waals surface area contributed by atoms with Crippen LogP contribution in [0.5, 0.6) is 0 Å². The minimum atomic E-state index is 0.356. The molecule has 1 saturated heterocycles. The molecular weight excluding hydrogens is 238 g/mol. The first-order valence-electron chi connectivity index (χ1n) is 6.79. The van der Waals surface area contributed by atoms with Crippen LogP contribution in [0.15, 0.2) is 42.7 Å². The summed E-state index contributed by atoms with van der Waals surface area (Å²) >= 11 is 0. The Hall–Kier alpha value is -1.81. The van der Waals surface area contributed by atoms with Crippen LogP contribution in [-0.4, -0.2) is 28.5 Å². The average molecular weight is 257 g/mol. The highest BCUT2D eigenvalue weighted by Gasteiger charge is 2.18. The summed E-state index contributed by atoms with van der Waals surface area (Å²) < 4.78 is 7.42. The van der Waals surface area contributed by atoms with Crippen LogP contribution in [-0.2, 0) is 4.74 Å². The Morgan fingerprint density at radius 2 is 2.16 bits per heavy atom. The van der Waals surface area contributed by atoms with E-state index >= 15 is 0 Å². The van der Waals surface area contributed by atoms with Gasteiger partial charge in [-0.1, -0.05) is 0 Å². The molecule has 0 spiro atoms. The number of ether oxygens (including phenoxy) is 1. The minimum absolute atomic E-state index is 0.356. The van der Waals surface area contributed by atoms with Gasteiger partial charge in [0.2, 0.25) is 0 Å². The molecule has 100 valence electrons. The zero-order valence-electron chi connectivity index (χ0n) is 11.1. The van der Waals surface area contributed by atoms with Gasteiger partial charge in [0.05, 0.1) is 11.8 Å². The van der Waals surface area contributed by atoms with Crippen LogP contribution in [0.25, 0.3) is 5.69 Å². The van der Waals surface area contributed by atoms with Crippen molar-refractivity contribution in [3.05, 3.63) is 42.7 Å². The summed E-state index contributed by atoms with van der Waals surface area (Å²) in [5, 5.41) is 7.80. The van der Waals surface area contributed by atoms with Crippen molar-refractivity contribution in [3.63, 3.8) is 0 Å². The van der Waals surface area contributed by atoms with Crippen molar-refractivity contribution in [1.82, 2.24) is 9.78 Å². The van der Waals surface area contributed by atoms with Crippen LogP contribution in [0, 0.1) is 0 Å². The van der Waals surface area contributed by atoms with Gasteiger partial charge in [0, 0.05) is 30.7 Å². The number of nitrogens with one attached hydrogen (secondary N) is 1.